The molecule has 4 heteroatoms. The molecule has 0 aromatic carbocycles. The van der Waals surface area contributed by atoms with Crippen LogP contribution < -0.4 is 0 Å². The van der Waals surface area contributed by atoms with Gasteiger partial charge in [0.2, 0.25) is 0 Å². The molecule has 1 aliphatic heterocycles. The van der Waals surface area contributed by atoms with Crippen molar-refractivity contribution in [2.45, 2.75) is 44.4 Å². The van der Waals surface area contributed by atoms with Crippen molar-refractivity contribution in [1.82, 2.24) is 0 Å². The van der Waals surface area contributed by atoms with Gasteiger partial charge in [0.05, 0.1) is 11.7 Å². The third-order valence-electron chi connectivity index (χ3n) is 2.04. The Balaban J connectivity index is 2.67. The monoisotopic (exact) mass is 162 g/mol. The Bertz CT molecular complexity index is 145. The van der Waals surface area contributed by atoms with E-state index >= 15 is 0 Å². The topological polar surface area (TPSA) is 69.9 Å². The highest BCUT2D eigenvalue weighted by Gasteiger charge is 2.42. The predicted octanol–water partition coefficient (Wildman–Crippen LogP) is -0.775. The van der Waals surface area contributed by atoms with Gasteiger partial charge in [-0.15, -0.1) is 0 Å². The first-order valence-corrected chi connectivity index (χ1v) is 3.67. The molecule has 0 spiro atoms. The predicted molar refractivity (Wildman–Crippen MR) is 37.8 cm³/mol. The van der Waals surface area contributed by atoms with Gasteiger partial charge in [-0.3, -0.25) is 0 Å². The van der Waals surface area contributed by atoms with Crippen molar-refractivity contribution in [1.29, 1.82) is 0 Å². The lowest BCUT2D eigenvalue weighted by Gasteiger charge is -2.40. The summed E-state index contributed by atoms with van der Waals surface area (Å²) in [6.45, 7) is 3.10. The first-order chi connectivity index (χ1) is 4.93. The van der Waals surface area contributed by atoms with E-state index in [4.69, 9.17) is 9.84 Å². The molecule has 3 N–H and O–H groups in total. The van der Waals surface area contributed by atoms with E-state index in [0.29, 0.717) is 0 Å². The average molecular weight is 162 g/mol. The summed E-state index contributed by atoms with van der Waals surface area (Å²) < 4.78 is 4.88. The second-order valence-electron chi connectivity index (χ2n) is 3.30. The molecular formula is C7H14O4. The number of ether oxygens (including phenoxy) is 1. The summed E-state index contributed by atoms with van der Waals surface area (Å²) in [5, 5.41) is 27.9. The van der Waals surface area contributed by atoms with Crippen molar-refractivity contribution in [3.8, 4) is 0 Å². The molecule has 0 aromatic rings. The molecule has 1 saturated heterocycles. The van der Waals surface area contributed by atoms with Crippen molar-refractivity contribution < 1.29 is 20.1 Å². The van der Waals surface area contributed by atoms with Crippen LogP contribution in [0.15, 0.2) is 0 Å². The fraction of sp³-hybridized carbons (Fsp3) is 1.00. The normalized spacial score (nSPS) is 52.6. The van der Waals surface area contributed by atoms with E-state index in [0.717, 1.165) is 0 Å². The Labute approximate surface area is 65.4 Å². The number of hydrogen-bond acceptors (Lipinski definition) is 4. The van der Waals surface area contributed by atoms with E-state index in [-0.39, 0.29) is 6.42 Å². The first kappa shape index (κ1) is 8.93. The van der Waals surface area contributed by atoms with Crippen LogP contribution in [-0.2, 0) is 4.74 Å². The maximum absolute atomic E-state index is 9.49. The molecule has 4 unspecified atom stereocenters. The summed E-state index contributed by atoms with van der Waals surface area (Å²) in [7, 11) is 0. The number of aliphatic hydroxyl groups excluding tert-OH is 2. The van der Waals surface area contributed by atoms with Crippen molar-refractivity contribution in [2.75, 3.05) is 0 Å². The summed E-state index contributed by atoms with van der Waals surface area (Å²) in [6, 6.07) is 0. The van der Waals surface area contributed by atoms with Crippen LogP contribution in [0.3, 0.4) is 0 Å². The van der Waals surface area contributed by atoms with E-state index < -0.39 is 24.1 Å². The Morgan fingerprint density at radius 1 is 1.45 bits per heavy atom. The zero-order valence-corrected chi connectivity index (χ0v) is 6.69. The molecule has 1 rings (SSSR count). The van der Waals surface area contributed by atoms with Crippen LogP contribution in [0.4, 0.5) is 0 Å². The molecule has 1 fully saturated rings. The maximum Gasteiger partial charge on any atom is 0.157 e. The Hall–Kier alpha value is -0.160. The van der Waals surface area contributed by atoms with Crippen LogP contribution in [0.5, 0.6) is 0 Å². The number of rotatable bonds is 0. The minimum Gasteiger partial charge on any atom is -0.387 e. The largest absolute Gasteiger partial charge is 0.387 e. The van der Waals surface area contributed by atoms with E-state index in [1.165, 1.54) is 6.92 Å². The van der Waals surface area contributed by atoms with E-state index in [9.17, 15) is 10.2 Å². The van der Waals surface area contributed by atoms with E-state index in [1.807, 2.05) is 0 Å². The fourth-order valence-corrected chi connectivity index (χ4v) is 1.35. The fourth-order valence-electron chi connectivity index (χ4n) is 1.35. The molecule has 4 atom stereocenters. The van der Waals surface area contributed by atoms with Gasteiger partial charge in [-0.25, -0.2) is 0 Å². The molecule has 0 saturated carbocycles. The van der Waals surface area contributed by atoms with Crippen LogP contribution in [-0.4, -0.2) is 39.4 Å². The van der Waals surface area contributed by atoms with Gasteiger partial charge < -0.3 is 20.1 Å². The summed E-state index contributed by atoms with van der Waals surface area (Å²) in [4.78, 5) is 0. The molecule has 0 bridgehead atoms. The first-order valence-electron chi connectivity index (χ1n) is 3.67. The molecule has 4 nitrogen and oxygen atoms in total. The molecule has 66 valence electrons. The van der Waals surface area contributed by atoms with Crippen molar-refractivity contribution in [2.24, 2.45) is 0 Å². The highest BCUT2D eigenvalue weighted by Crippen LogP contribution is 2.27. The Kier molecular flexibility index (Phi) is 2.20. The third kappa shape index (κ3) is 1.70. The molecule has 1 heterocycles. The van der Waals surface area contributed by atoms with Gasteiger partial charge in [-0.2, -0.15) is 0 Å². The molecular weight excluding hydrogens is 148 g/mol. The summed E-state index contributed by atoms with van der Waals surface area (Å²) in [5.41, 5.74) is -1.24. The number of hydrogen-bond donors (Lipinski definition) is 3. The maximum atomic E-state index is 9.49. The summed E-state index contributed by atoms with van der Waals surface area (Å²) in [5.74, 6) is 0. The molecule has 0 radical (unpaired) electrons. The smallest absolute Gasteiger partial charge is 0.157 e. The SMILES string of the molecule is CC1OC(O)CC(C)(O)C1O. The zero-order chi connectivity index (χ0) is 8.65. The van der Waals surface area contributed by atoms with Crippen molar-refractivity contribution in [3.63, 3.8) is 0 Å². The van der Waals surface area contributed by atoms with Crippen molar-refractivity contribution in [3.05, 3.63) is 0 Å². The molecule has 1 aliphatic rings. The van der Waals surface area contributed by atoms with Crippen molar-refractivity contribution >= 4 is 0 Å². The quantitative estimate of drug-likeness (QED) is 0.437. The van der Waals surface area contributed by atoms with Gasteiger partial charge in [0.1, 0.15) is 6.10 Å². The van der Waals surface area contributed by atoms with Crippen LogP contribution in [0.2, 0.25) is 0 Å². The third-order valence-corrected chi connectivity index (χ3v) is 2.04. The van der Waals surface area contributed by atoms with Crippen LogP contribution >= 0.6 is 0 Å². The minimum atomic E-state index is -1.24. The highest BCUT2D eigenvalue weighted by atomic mass is 16.6. The van der Waals surface area contributed by atoms with Crippen LogP contribution in [0, 0.1) is 0 Å². The van der Waals surface area contributed by atoms with Gasteiger partial charge in [-0.05, 0) is 13.8 Å². The summed E-state index contributed by atoms with van der Waals surface area (Å²) >= 11 is 0. The Morgan fingerprint density at radius 3 is 2.45 bits per heavy atom. The molecule has 11 heavy (non-hydrogen) atoms. The molecule has 0 amide bonds. The number of aliphatic hydroxyl groups is 3. The summed E-state index contributed by atoms with van der Waals surface area (Å²) in [6.07, 6.45) is -2.36. The van der Waals surface area contributed by atoms with Gasteiger partial charge >= 0.3 is 0 Å². The molecule has 0 aromatic heterocycles. The van der Waals surface area contributed by atoms with E-state index in [2.05, 4.69) is 0 Å². The second kappa shape index (κ2) is 2.71. The van der Waals surface area contributed by atoms with Crippen LogP contribution in [0.1, 0.15) is 20.3 Å². The van der Waals surface area contributed by atoms with Gasteiger partial charge in [0.25, 0.3) is 0 Å². The Morgan fingerprint density at radius 2 is 2.00 bits per heavy atom. The second-order valence-corrected chi connectivity index (χ2v) is 3.30. The van der Waals surface area contributed by atoms with Gasteiger partial charge in [0, 0.05) is 6.42 Å². The lowest BCUT2D eigenvalue weighted by molar-refractivity contribution is -0.256. The van der Waals surface area contributed by atoms with Gasteiger partial charge in [-0.1, -0.05) is 0 Å². The zero-order valence-electron chi connectivity index (χ0n) is 6.69. The van der Waals surface area contributed by atoms with Crippen LogP contribution in [0.25, 0.3) is 0 Å². The van der Waals surface area contributed by atoms with E-state index in [1.54, 1.807) is 6.92 Å². The lowest BCUT2D eigenvalue weighted by Crippen LogP contribution is -2.54. The highest BCUT2D eigenvalue weighted by molar-refractivity contribution is 4.90. The average Bonchev–Trinajstić information content (AvgIpc) is 1.81. The minimum absolute atomic E-state index is 0.0541. The standard InChI is InChI=1S/C7H14O4/c1-4-6(9)7(2,10)3-5(8)11-4/h4-6,8-10H,3H2,1-2H3. The molecule has 0 aliphatic carbocycles. The lowest BCUT2D eigenvalue weighted by atomic mass is 9.89. The van der Waals surface area contributed by atoms with Gasteiger partial charge in [0.15, 0.2) is 6.29 Å².